The number of hydrogen-bond donors (Lipinski definition) is 1. The highest BCUT2D eigenvalue weighted by atomic mass is 32.2. The summed E-state index contributed by atoms with van der Waals surface area (Å²) in [5, 5.41) is 2.64. The Bertz CT molecular complexity index is 1320. The van der Waals surface area contributed by atoms with Crippen molar-refractivity contribution >= 4 is 21.6 Å². The number of benzene rings is 3. The molecule has 0 saturated carbocycles. The summed E-state index contributed by atoms with van der Waals surface area (Å²) in [5.41, 5.74) is 2.39. The van der Waals surface area contributed by atoms with E-state index in [4.69, 9.17) is 14.2 Å². The summed E-state index contributed by atoms with van der Waals surface area (Å²) in [7, 11) is -0.368. The van der Waals surface area contributed by atoms with Gasteiger partial charge in [0.1, 0.15) is 23.4 Å². The average molecular weight is 511 g/mol. The molecule has 0 unspecified atom stereocenters. The highest BCUT2D eigenvalue weighted by Gasteiger charge is 2.30. The minimum atomic E-state index is -3.62. The van der Waals surface area contributed by atoms with Crippen molar-refractivity contribution in [2.24, 2.45) is 0 Å². The van der Waals surface area contributed by atoms with Crippen molar-refractivity contribution in [3.63, 3.8) is 0 Å². The first-order valence-corrected chi connectivity index (χ1v) is 13.1. The molecule has 9 heteroatoms. The molecule has 8 nitrogen and oxygen atoms in total. The topological polar surface area (TPSA) is 94.2 Å². The van der Waals surface area contributed by atoms with Gasteiger partial charge in [-0.3, -0.25) is 4.79 Å². The van der Waals surface area contributed by atoms with Gasteiger partial charge in [0.25, 0.3) is 0 Å². The summed E-state index contributed by atoms with van der Waals surface area (Å²) in [6, 6.07) is 19.6. The minimum absolute atomic E-state index is 0.0963. The van der Waals surface area contributed by atoms with Gasteiger partial charge < -0.3 is 19.5 Å². The second kappa shape index (κ2) is 11.0. The van der Waals surface area contributed by atoms with Crippen molar-refractivity contribution in [1.82, 2.24) is 4.31 Å². The molecular formula is C27H30N2O6S. The maximum absolute atomic E-state index is 13.1. The number of methoxy groups -OCH3 is 2. The van der Waals surface area contributed by atoms with Crippen molar-refractivity contribution in [2.75, 3.05) is 32.6 Å². The number of carbonyl (C=O) groups is 1. The summed E-state index contributed by atoms with van der Waals surface area (Å²) in [6.45, 7) is 2.14. The van der Waals surface area contributed by atoms with Crippen LogP contribution in [-0.4, -0.2) is 52.0 Å². The molecule has 1 heterocycles. The Labute approximate surface area is 211 Å². The molecule has 1 amide bonds. The zero-order chi connectivity index (χ0) is 25.7. The highest BCUT2D eigenvalue weighted by molar-refractivity contribution is 7.89. The lowest BCUT2D eigenvalue weighted by atomic mass is 10.0. The molecule has 1 N–H and O–H groups in total. The fourth-order valence-electron chi connectivity index (χ4n) is 4.22. The predicted molar refractivity (Wildman–Crippen MR) is 138 cm³/mol. The molecule has 190 valence electrons. The summed E-state index contributed by atoms with van der Waals surface area (Å²) in [5.74, 6) is 1.97. The normalized spacial score (nSPS) is 14.8. The molecule has 1 saturated heterocycles. The molecule has 1 fully saturated rings. The molecular weight excluding hydrogens is 480 g/mol. The third-order valence-corrected chi connectivity index (χ3v) is 7.98. The first-order chi connectivity index (χ1) is 17.3. The van der Waals surface area contributed by atoms with E-state index >= 15 is 0 Å². The van der Waals surface area contributed by atoms with E-state index in [0.717, 1.165) is 22.6 Å². The van der Waals surface area contributed by atoms with Gasteiger partial charge in [-0.05, 0) is 73.0 Å². The number of hydrogen-bond acceptors (Lipinski definition) is 6. The number of nitrogens with one attached hydrogen (secondary N) is 1. The van der Waals surface area contributed by atoms with Crippen LogP contribution in [0.2, 0.25) is 0 Å². The number of rotatable bonds is 8. The molecule has 1 aliphatic heterocycles. The van der Waals surface area contributed by atoms with Crippen LogP contribution in [-0.2, 0) is 14.8 Å². The van der Waals surface area contributed by atoms with Crippen LogP contribution in [0.5, 0.6) is 17.2 Å². The van der Waals surface area contributed by atoms with Gasteiger partial charge in [0.05, 0.1) is 19.1 Å². The van der Waals surface area contributed by atoms with E-state index in [9.17, 15) is 13.2 Å². The van der Waals surface area contributed by atoms with Crippen LogP contribution < -0.4 is 19.5 Å². The minimum Gasteiger partial charge on any atom is -0.497 e. The molecule has 36 heavy (non-hydrogen) atoms. The van der Waals surface area contributed by atoms with E-state index in [2.05, 4.69) is 5.32 Å². The molecule has 0 bridgehead atoms. The van der Waals surface area contributed by atoms with Crippen molar-refractivity contribution in [2.45, 2.75) is 30.8 Å². The van der Waals surface area contributed by atoms with E-state index < -0.39 is 10.0 Å². The highest BCUT2D eigenvalue weighted by Crippen LogP contribution is 2.35. The van der Waals surface area contributed by atoms with Crippen LogP contribution in [0.25, 0.3) is 11.1 Å². The summed E-state index contributed by atoms with van der Waals surface area (Å²) in [6.07, 6.45) is 1.06. The number of carbonyl (C=O) groups excluding carboxylic acids is 1. The average Bonchev–Trinajstić information content (AvgIpc) is 2.89. The molecule has 1 aliphatic rings. The Balaban J connectivity index is 1.41. The maximum atomic E-state index is 13.1. The molecule has 4 rings (SSSR count). The van der Waals surface area contributed by atoms with Gasteiger partial charge in [0.2, 0.25) is 15.9 Å². The Morgan fingerprint density at radius 2 is 1.64 bits per heavy atom. The summed E-state index contributed by atoms with van der Waals surface area (Å²) >= 11 is 0. The van der Waals surface area contributed by atoms with Crippen molar-refractivity contribution < 1.29 is 27.4 Å². The number of anilines is 1. The van der Waals surface area contributed by atoms with Crippen LogP contribution in [0.15, 0.2) is 71.6 Å². The first kappa shape index (κ1) is 25.5. The van der Waals surface area contributed by atoms with Crippen LogP contribution in [0.4, 0.5) is 5.69 Å². The monoisotopic (exact) mass is 510 g/mol. The van der Waals surface area contributed by atoms with E-state index in [1.807, 2.05) is 42.5 Å². The zero-order valence-corrected chi connectivity index (χ0v) is 21.4. The van der Waals surface area contributed by atoms with Crippen LogP contribution in [0.1, 0.15) is 19.8 Å². The quantitative estimate of drug-likeness (QED) is 0.477. The van der Waals surface area contributed by atoms with Gasteiger partial charge in [-0.1, -0.05) is 12.1 Å². The summed E-state index contributed by atoms with van der Waals surface area (Å²) < 4.78 is 44.7. The smallest absolute Gasteiger partial charge is 0.243 e. The standard InChI is InChI=1S/C27H30N2O6S/c1-19(30)28-21-7-10-25(11-8-21)36(31,32)29-15-13-22(14-16-29)35-24-6-4-5-20(17-24)26-18-23(33-2)9-12-27(26)34-3/h4-12,17-18,22H,13-16H2,1-3H3,(H,28,30). The van der Waals surface area contributed by atoms with Crippen molar-refractivity contribution in [3.8, 4) is 28.4 Å². The number of nitrogens with zero attached hydrogens (tertiary/aromatic N) is 1. The fraction of sp³-hybridized carbons (Fsp3) is 0.296. The van der Waals surface area contributed by atoms with Gasteiger partial charge >= 0.3 is 0 Å². The first-order valence-electron chi connectivity index (χ1n) is 11.7. The van der Waals surface area contributed by atoms with Crippen molar-refractivity contribution in [3.05, 3.63) is 66.7 Å². The third-order valence-electron chi connectivity index (χ3n) is 6.07. The van der Waals surface area contributed by atoms with Gasteiger partial charge in [-0.15, -0.1) is 0 Å². The van der Waals surface area contributed by atoms with Gasteiger partial charge in [0.15, 0.2) is 0 Å². The molecule has 0 spiro atoms. The molecule has 0 radical (unpaired) electrons. The Hall–Kier alpha value is -3.56. The summed E-state index contributed by atoms with van der Waals surface area (Å²) in [4.78, 5) is 11.4. The molecule has 0 aliphatic carbocycles. The Kier molecular flexibility index (Phi) is 7.81. The molecule has 0 aromatic heterocycles. The van der Waals surface area contributed by atoms with E-state index in [1.54, 1.807) is 26.4 Å². The number of amides is 1. The van der Waals surface area contributed by atoms with Gasteiger partial charge in [-0.25, -0.2) is 8.42 Å². The van der Waals surface area contributed by atoms with E-state index in [1.165, 1.54) is 23.4 Å². The third kappa shape index (κ3) is 5.80. The van der Waals surface area contributed by atoms with Gasteiger partial charge in [0, 0.05) is 31.3 Å². The lowest BCUT2D eigenvalue weighted by molar-refractivity contribution is -0.114. The Morgan fingerprint density at radius 3 is 2.28 bits per heavy atom. The SMILES string of the molecule is COc1ccc(OC)c(-c2cccc(OC3CCN(S(=O)(=O)c4ccc(NC(C)=O)cc4)CC3)c2)c1. The molecule has 3 aromatic carbocycles. The molecule has 0 atom stereocenters. The van der Waals surface area contributed by atoms with E-state index in [0.29, 0.717) is 37.4 Å². The zero-order valence-electron chi connectivity index (χ0n) is 20.6. The second-order valence-electron chi connectivity index (χ2n) is 8.52. The lowest BCUT2D eigenvalue weighted by Crippen LogP contribution is -2.41. The maximum Gasteiger partial charge on any atom is 0.243 e. The van der Waals surface area contributed by atoms with E-state index in [-0.39, 0.29) is 16.9 Å². The fourth-order valence-corrected chi connectivity index (χ4v) is 5.69. The lowest BCUT2D eigenvalue weighted by Gasteiger charge is -2.31. The number of ether oxygens (including phenoxy) is 3. The van der Waals surface area contributed by atoms with Crippen molar-refractivity contribution in [1.29, 1.82) is 0 Å². The Morgan fingerprint density at radius 1 is 0.917 bits per heavy atom. The second-order valence-corrected chi connectivity index (χ2v) is 10.5. The number of piperidine rings is 1. The predicted octanol–water partition coefficient (Wildman–Crippen LogP) is 4.56. The largest absolute Gasteiger partial charge is 0.497 e. The van der Waals surface area contributed by atoms with Crippen LogP contribution in [0, 0.1) is 0 Å². The van der Waals surface area contributed by atoms with Gasteiger partial charge in [-0.2, -0.15) is 4.31 Å². The molecule has 3 aromatic rings. The van der Waals surface area contributed by atoms with Crippen LogP contribution >= 0.6 is 0 Å². The number of sulfonamides is 1. The van der Waals surface area contributed by atoms with Crippen LogP contribution in [0.3, 0.4) is 0 Å².